The van der Waals surface area contributed by atoms with Crippen molar-refractivity contribution in [3.63, 3.8) is 0 Å². The monoisotopic (exact) mass is 725 g/mol. The molecule has 0 saturated carbocycles. The zero-order valence-electron chi connectivity index (χ0n) is 34.4. The van der Waals surface area contributed by atoms with Crippen molar-refractivity contribution in [1.29, 1.82) is 0 Å². The summed E-state index contributed by atoms with van der Waals surface area (Å²) in [6.45, 7) is 19.9. The third kappa shape index (κ3) is 17.0. The molecule has 2 aliphatic heterocycles. The van der Waals surface area contributed by atoms with Gasteiger partial charge in [0.1, 0.15) is 12.2 Å². The fraction of sp³-hybridized carbons (Fsp3) is 0.902. The first-order valence-electron chi connectivity index (χ1n) is 19.8. The molecule has 0 aliphatic carbocycles. The van der Waals surface area contributed by atoms with Gasteiger partial charge in [-0.2, -0.15) is 0 Å². The van der Waals surface area contributed by atoms with Gasteiger partial charge in [0.15, 0.2) is 0 Å². The molecule has 0 aromatic heterocycles. The largest absolute Gasteiger partial charge is 0.481 e. The van der Waals surface area contributed by atoms with Crippen molar-refractivity contribution in [3.8, 4) is 0 Å². The number of nitrogens with zero attached hydrogens (tertiary/aromatic N) is 2. The lowest BCUT2D eigenvalue weighted by Crippen LogP contribution is -2.64. The molecule has 0 amide bonds. The first kappa shape index (κ1) is 46.8. The Morgan fingerprint density at radius 2 is 0.863 bits per heavy atom. The Bertz CT molecular complexity index is 1070. The number of ether oxygens (including phenoxy) is 2. The number of piperidine rings is 2. The zero-order chi connectivity index (χ0) is 39.0. The topological polar surface area (TPSA) is 134 Å². The average molecular weight is 725 g/mol. The molecule has 2 rings (SSSR count). The Hall–Kier alpha value is -2.20. The Kier molecular flexibility index (Phi) is 19.7. The van der Waals surface area contributed by atoms with E-state index in [2.05, 4.69) is 86.2 Å². The van der Waals surface area contributed by atoms with Crippen molar-refractivity contribution in [1.82, 2.24) is 9.80 Å². The minimum atomic E-state index is -0.720. The van der Waals surface area contributed by atoms with E-state index in [-0.39, 0.29) is 59.1 Å². The molecule has 10 nitrogen and oxygen atoms in total. The van der Waals surface area contributed by atoms with Gasteiger partial charge in [-0.3, -0.25) is 29.0 Å². The van der Waals surface area contributed by atoms with Crippen LogP contribution >= 0.6 is 0 Å². The minimum absolute atomic E-state index is 0.00437. The SMILES string of the molecule is CC1C(OC(=O)CCCCCCCCC(=O)O)CC(C)(C)N(C)C1(C)C.CN1C(C)(C)CC(OC(=O)CCCCCCCCC(=O)O)CC1(C)C. The molecule has 0 aromatic rings. The summed E-state index contributed by atoms with van der Waals surface area (Å²) in [6.07, 6.45) is 15.4. The number of likely N-dealkylation sites (tertiary alicyclic amines) is 2. The molecular weight excluding hydrogens is 648 g/mol. The van der Waals surface area contributed by atoms with Gasteiger partial charge in [0.05, 0.1) is 0 Å². The van der Waals surface area contributed by atoms with Crippen molar-refractivity contribution in [2.24, 2.45) is 5.92 Å². The fourth-order valence-corrected chi connectivity index (χ4v) is 7.83. The first-order valence-corrected chi connectivity index (χ1v) is 19.8. The predicted molar refractivity (Wildman–Crippen MR) is 204 cm³/mol. The van der Waals surface area contributed by atoms with Gasteiger partial charge in [0.25, 0.3) is 0 Å². The molecule has 2 heterocycles. The van der Waals surface area contributed by atoms with Gasteiger partial charge in [-0.15, -0.1) is 0 Å². The van der Waals surface area contributed by atoms with E-state index in [9.17, 15) is 19.2 Å². The van der Waals surface area contributed by atoms with Gasteiger partial charge in [-0.25, -0.2) is 0 Å². The second-order valence-corrected chi connectivity index (χ2v) is 17.8. The molecule has 2 saturated heterocycles. The van der Waals surface area contributed by atoms with Crippen LogP contribution in [0.15, 0.2) is 0 Å². The summed E-state index contributed by atoms with van der Waals surface area (Å²) < 4.78 is 11.6. The molecule has 2 fully saturated rings. The van der Waals surface area contributed by atoms with Gasteiger partial charge in [-0.05, 0) is 95.2 Å². The van der Waals surface area contributed by atoms with Gasteiger partial charge < -0.3 is 19.7 Å². The lowest BCUT2D eigenvalue weighted by Gasteiger charge is -2.56. The number of aliphatic carboxylic acids is 2. The van der Waals surface area contributed by atoms with Gasteiger partial charge in [-0.1, -0.05) is 58.3 Å². The quantitative estimate of drug-likeness (QED) is 0.0926. The van der Waals surface area contributed by atoms with Crippen molar-refractivity contribution >= 4 is 23.9 Å². The van der Waals surface area contributed by atoms with Gasteiger partial charge in [0, 0.05) is 73.0 Å². The zero-order valence-corrected chi connectivity index (χ0v) is 34.4. The second-order valence-electron chi connectivity index (χ2n) is 17.8. The molecule has 298 valence electrons. The van der Waals surface area contributed by atoms with Crippen molar-refractivity contribution in [2.45, 2.75) is 219 Å². The van der Waals surface area contributed by atoms with Crippen molar-refractivity contribution in [2.75, 3.05) is 14.1 Å². The smallest absolute Gasteiger partial charge is 0.306 e. The number of hydrogen-bond donors (Lipinski definition) is 2. The highest BCUT2D eigenvalue weighted by molar-refractivity contribution is 5.70. The van der Waals surface area contributed by atoms with Crippen molar-refractivity contribution < 1.29 is 38.9 Å². The number of carbonyl (C=O) groups excluding carboxylic acids is 2. The van der Waals surface area contributed by atoms with Crippen LogP contribution in [0.1, 0.15) is 184 Å². The Morgan fingerprint density at radius 1 is 0.529 bits per heavy atom. The van der Waals surface area contributed by atoms with Crippen LogP contribution in [0.4, 0.5) is 0 Å². The van der Waals surface area contributed by atoms with E-state index in [0.29, 0.717) is 18.8 Å². The first-order chi connectivity index (χ1) is 23.5. The summed E-state index contributed by atoms with van der Waals surface area (Å²) in [5.74, 6) is -1.31. The van der Waals surface area contributed by atoms with Gasteiger partial charge >= 0.3 is 23.9 Å². The summed E-state index contributed by atoms with van der Waals surface area (Å²) >= 11 is 0. The number of carbonyl (C=O) groups is 4. The number of esters is 2. The number of carboxylic acid groups (broad SMARTS) is 2. The lowest BCUT2D eigenvalue weighted by molar-refractivity contribution is -0.168. The highest BCUT2D eigenvalue weighted by atomic mass is 16.5. The van der Waals surface area contributed by atoms with Crippen LogP contribution in [0.25, 0.3) is 0 Å². The third-order valence-electron chi connectivity index (χ3n) is 12.0. The van der Waals surface area contributed by atoms with E-state index >= 15 is 0 Å². The minimum Gasteiger partial charge on any atom is -0.481 e. The van der Waals surface area contributed by atoms with E-state index in [1.165, 1.54) is 0 Å². The van der Waals surface area contributed by atoms with E-state index in [1.807, 2.05) is 0 Å². The molecule has 2 aliphatic rings. The van der Waals surface area contributed by atoms with E-state index in [0.717, 1.165) is 96.3 Å². The lowest BCUT2D eigenvalue weighted by atomic mass is 9.72. The van der Waals surface area contributed by atoms with Gasteiger partial charge in [0.2, 0.25) is 0 Å². The van der Waals surface area contributed by atoms with E-state index < -0.39 is 11.9 Å². The number of carboxylic acids is 2. The molecule has 0 aromatic carbocycles. The predicted octanol–water partition coefficient (Wildman–Crippen LogP) is 9.02. The van der Waals surface area contributed by atoms with Crippen LogP contribution in [0.5, 0.6) is 0 Å². The maximum Gasteiger partial charge on any atom is 0.306 e. The van der Waals surface area contributed by atoms with E-state index in [4.69, 9.17) is 19.7 Å². The molecule has 2 atom stereocenters. The molecule has 0 spiro atoms. The number of unbranched alkanes of at least 4 members (excludes halogenated alkanes) is 10. The molecule has 51 heavy (non-hydrogen) atoms. The van der Waals surface area contributed by atoms with Crippen LogP contribution in [0.2, 0.25) is 0 Å². The van der Waals surface area contributed by atoms with Crippen molar-refractivity contribution in [3.05, 3.63) is 0 Å². The highest BCUT2D eigenvalue weighted by Gasteiger charge is 2.49. The maximum absolute atomic E-state index is 12.3. The van der Waals surface area contributed by atoms with Crippen LogP contribution in [0.3, 0.4) is 0 Å². The highest BCUT2D eigenvalue weighted by Crippen LogP contribution is 2.42. The summed E-state index contributed by atoms with van der Waals surface area (Å²) in [7, 11) is 4.31. The summed E-state index contributed by atoms with van der Waals surface area (Å²) in [5, 5.41) is 17.2. The number of hydrogen-bond acceptors (Lipinski definition) is 8. The average Bonchev–Trinajstić information content (AvgIpc) is 3.00. The second kappa shape index (κ2) is 21.5. The number of rotatable bonds is 20. The molecule has 0 bridgehead atoms. The standard InChI is InChI=1S/C21H39NO4.C20H37NO4/c1-16-17(15-20(2,3)22(6)21(16,4)5)26-19(25)14-12-10-8-7-9-11-13-18(23)24;1-19(2)14-16(15-20(3,4)21(19)5)25-18(24)13-11-9-7-6-8-10-12-17(22)23/h16-17H,7-15H2,1-6H3,(H,23,24);16H,6-15H2,1-5H3,(H,22,23). The Labute approximate surface area is 310 Å². The molecule has 0 radical (unpaired) electrons. The third-order valence-corrected chi connectivity index (χ3v) is 12.0. The van der Waals surface area contributed by atoms with Crippen LogP contribution < -0.4 is 0 Å². The Morgan fingerprint density at radius 3 is 1.25 bits per heavy atom. The van der Waals surface area contributed by atoms with Crippen LogP contribution in [0, 0.1) is 5.92 Å². The molecule has 2 unspecified atom stereocenters. The molecular formula is C41H76N2O8. The van der Waals surface area contributed by atoms with Crippen LogP contribution in [-0.4, -0.2) is 92.3 Å². The maximum atomic E-state index is 12.3. The fourth-order valence-electron chi connectivity index (χ4n) is 7.83. The summed E-state index contributed by atoms with van der Waals surface area (Å²) in [4.78, 5) is 50.0. The van der Waals surface area contributed by atoms with E-state index in [1.54, 1.807) is 0 Å². The molecule has 10 heteroatoms. The Balaban J connectivity index is 0.000000510. The summed E-state index contributed by atoms with van der Waals surface area (Å²) in [5.41, 5.74) is 0.0604. The van der Waals surface area contributed by atoms with Crippen LogP contribution in [-0.2, 0) is 28.7 Å². The normalized spacial score (nSPS) is 22.7. The molecule has 2 N–H and O–H groups in total. The summed E-state index contributed by atoms with van der Waals surface area (Å²) in [6, 6.07) is 0.